The number of hydrogen-bond donors (Lipinski definition) is 0. The van der Waals surface area contributed by atoms with E-state index in [1.54, 1.807) is 23.1 Å². The van der Waals surface area contributed by atoms with Crippen molar-refractivity contribution >= 4 is 5.91 Å². The number of halogens is 1. The van der Waals surface area contributed by atoms with Crippen LogP contribution in [-0.2, 0) is 11.2 Å². The third-order valence-electron chi connectivity index (χ3n) is 3.45. The highest BCUT2D eigenvalue weighted by atomic mass is 19.1. The van der Waals surface area contributed by atoms with Gasteiger partial charge in [-0.05, 0) is 37.5 Å². The Morgan fingerprint density at radius 2 is 2.05 bits per heavy atom. The second-order valence-electron chi connectivity index (χ2n) is 4.55. The first-order chi connectivity index (χ1) is 9.17. The number of carbonyl (C=O) groups excluding carboxylic acids is 1. The van der Waals surface area contributed by atoms with Crippen LogP contribution in [0.2, 0.25) is 0 Å². The summed E-state index contributed by atoms with van der Waals surface area (Å²) in [6, 6.07) is 6.44. The van der Waals surface area contributed by atoms with Gasteiger partial charge in [0.15, 0.2) is 0 Å². The van der Waals surface area contributed by atoms with Gasteiger partial charge in [0, 0.05) is 12.2 Å². The standard InChI is InChI=1S/C16H18FNO/c1-3-12-9-10-18(15(12)4-2)16(19)11-13-7-5-6-8-14(13)17/h3-8H,9-11H2,1-2H3. The van der Waals surface area contributed by atoms with Crippen molar-refractivity contribution < 1.29 is 9.18 Å². The summed E-state index contributed by atoms with van der Waals surface area (Å²) in [5, 5.41) is 0. The van der Waals surface area contributed by atoms with Crippen molar-refractivity contribution in [1.82, 2.24) is 4.90 Å². The first kappa shape index (κ1) is 13.5. The van der Waals surface area contributed by atoms with Crippen LogP contribution in [-0.4, -0.2) is 17.4 Å². The van der Waals surface area contributed by atoms with E-state index in [-0.39, 0.29) is 18.1 Å². The van der Waals surface area contributed by atoms with Crippen molar-refractivity contribution in [2.24, 2.45) is 0 Å². The monoisotopic (exact) mass is 259 g/mol. The number of rotatable bonds is 2. The lowest BCUT2D eigenvalue weighted by Gasteiger charge is -2.18. The molecule has 0 saturated carbocycles. The zero-order chi connectivity index (χ0) is 13.8. The Kier molecular flexibility index (Phi) is 4.15. The zero-order valence-electron chi connectivity index (χ0n) is 11.3. The molecule has 0 spiro atoms. The lowest BCUT2D eigenvalue weighted by atomic mass is 10.1. The van der Waals surface area contributed by atoms with Gasteiger partial charge in [0.2, 0.25) is 5.91 Å². The predicted octanol–water partition coefficient (Wildman–Crippen LogP) is 3.45. The van der Waals surface area contributed by atoms with E-state index in [1.807, 2.05) is 26.0 Å². The molecular formula is C16H18FNO. The summed E-state index contributed by atoms with van der Waals surface area (Å²) in [5.41, 5.74) is 2.60. The Morgan fingerprint density at radius 1 is 1.32 bits per heavy atom. The lowest BCUT2D eigenvalue weighted by Crippen LogP contribution is -2.28. The minimum atomic E-state index is -0.316. The van der Waals surface area contributed by atoms with Gasteiger partial charge >= 0.3 is 0 Å². The van der Waals surface area contributed by atoms with Gasteiger partial charge in [-0.15, -0.1) is 0 Å². The van der Waals surface area contributed by atoms with E-state index in [0.29, 0.717) is 12.1 Å². The first-order valence-electron chi connectivity index (χ1n) is 6.53. The van der Waals surface area contributed by atoms with Crippen LogP contribution in [0.25, 0.3) is 0 Å². The molecule has 0 aromatic heterocycles. The Balaban J connectivity index is 2.16. The molecule has 2 nitrogen and oxygen atoms in total. The number of allylic oxidation sites excluding steroid dienone is 3. The lowest BCUT2D eigenvalue weighted by molar-refractivity contribution is -0.127. The normalized spacial score (nSPS) is 19.4. The summed E-state index contributed by atoms with van der Waals surface area (Å²) in [6.07, 6.45) is 4.97. The van der Waals surface area contributed by atoms with Gasteiger partial charge in [-0.2, -0.15) is 0 Å². The minimum Gasteiger partial charge on any atom is -0.312 e. The van der Waals surface area contributed by atoms with Crippen molar-refractivity contribution in [2.75, 3.05) is 6.54 Å². The highest BCUT2D eigenvalue weighted by molar-refractivity contribution is 5.82. The molecule has 0 bridgehead atoms. The fourth-order valence-corrected chi connectivity index (χ4v) is 2.45. The smallest absolute Gasteiger partial charge is 0.231 e. The van der Waals surface area contributed by atoms with Crippen LogP contribution in [0.4, 0.5) is 4.39 Å². The summed E-state index contributed by atoms with van der Waals surface area (Å²) in [6.45, 7) is 4.59. The molecule has 0 atom stereocenters. The first-order valence-corrected chi connectivity index (χ1v) is 6.53. The van der Waals surface area contributed by atoms with Crippen LogP contribution in [0.5, 0.6) is 0 Å². The molecule has 3 heteroatoms. The van der Waals surface area contributed by atoms with Gasteiger partial charge < -0.3 is 4.90 Å². The second kappa shape index (κ2) is 5.83. The van der Waals surface area contributed by atoms with E-state index in [0.717, 1.165) is 12.1 Å². The topological polar surface area (TPSA) is 20.3 Å². The fourth-order valence-electron chi connectivity index (χ4n) is 2.45. The molecule has 0 aliphatic carbocycles. The Bertz CT molecular complexity index is 545. The molecule has 1 fully saturated rings. The van der Waals surface area contributed by atoms with Gasteiger partial charge in [0.1, 0.15) is 5.82 Å². The number of amides is 1. The van der Waals surface area contributed by atoms with E-state index in [1.165, 1.54) is 11.6 Å². The maximum absolute atomic E-state index is 13.6. The van der Waals surface area contributed by atoms with Crippen molar-refractivity contribution in [3.8, 4) is 0 Å². The quantitative estimate of drug-likeness (QED) is 0.796. The molecule has 0 radical (unpaired) electrons. The summed E-state index contributed by atoms with van der Waals surface area (Å²) < 4.78 is 13.6. The minimum absolute atomic E-state index is 0.0462. The molecule has 1 aliphatic rings. The summed E-state index contributed by atoms with van der Waals surface area (Å²) in [4.78, 5) is 14.0. The van der Waals surface area contributed by atoms with Gasteiger partial charge in [-0.25, -0.2) is 4.39 Å². The van der Waals surface area contributed by atoms with Crippen LogP contribution in [0.1, 0.15) is 25.8 Å². The van der Waals surface area contributed by atoms with E-state index in [4.69, 9.17) is 0 Å². The SMILES string of the molecule is CC=C1CCN(C(=O)Cc2ccccc2F)C1=CC. The van der Waals surface area contributed by atoms with Gasteiger partial charge in [0.05, 0.1) is 6.42 Å². The molecule has 0 unspecified atom stereocenters. The van der Waals surface area contributed by atoms with Crippen molar-refractivity contribution in [3.63, 3.8) is 0 Å². The number of benzene rings is 1. The van der Waals surface area contributed by atoms with Crippen LogP contribution < -0.4 is 0 Å². The van der Waals surface area contributed by atoms with Gasteiger partial charge in [-0.1, -0.05) is 30.4 Å². The molecule has 1 aromatic carbocycles. The molecule has 1 aromatic rings. The number of nitrogens with zero attached hydrogens (tertiary/aromatic N) is 1. The Labute approximate surface area is 113 Å². The number of carbonyl (C=O) groups is 1. The zero-order valence-corrected chi connectivity index (χ0v) is 11.3. The van der Waals surface area contributed by atoms with E-state index in [2.05, 4.69) is 0 Å². The van der Waals surface area contributed by atoms with Crippen molar-refractivity contribution in [1.29, 1.82) is 0 Å². The highest BCUT2D eigenvalue weighted by Crippen LogP contribution is 2.27. The van der Waals surface area contributed by atoms with Crippen molar-refractivity contribution in [3.05, 3.63) is 59.1 Å². The summed E-state index contributed by atoms with van der Waals surface area (Å²) in [7, 11) is 0. The molecule has 1 amide bonds. The molecule has 1 saturated heterocycles. The molecule has 0 N–H and O–H groups in total. The largest absolute Gasteiger partial charge is 0.312 e. The highest BCUT2D eigenvalue weighted by Gasteiger charge is 2.26. The maximum atomic E-state index is 13.6. The van der Waals surface area contributed by atoms with Gasteiger partial charge in [0.25, 0.3) is 0 Å². The van der Waals surface area contributed by atoms with Crippen LogP contribution in [0, 0.1) is 5.82 Å². The van der Waals surface area contributed by atoms with E-state index >= 15 is 0 Å². The average Bonchev–Trinajstić information content (AvgIpc) is 2.84. The Morgan fingerprint density at radius 3 is 2.68 bits per heavy atom. The average molecular weight is 259 g/mol. The van der Waals surface area contributed by atoms with Crippen LogP contribution in [0.15, 0.2) is 47.7 Å². The fraction of sp³-hybridized carbons (Fsp3) is 0.312. The van der Waals surface area contributed by atoms with E-state index < -0.39 is 0 Å². The molecule has 1 aliphatic heterocycles. The second-order valence-corrected chi connectivity index (χ2v) is 4.55. The van der Waals surface area contributed by atoms with Crippen molar-refractivity contribution in [2.45, 2.75) is 26.7 Å². The third-order valence-corrected chi connectivity index (χ3v) is 3.45. The van der Waals surface area contributed by atoms with Crippen LogP contribution in [0.3, 0.4) is 0 Å². The Hall–Kier alpha value is -1.90. The predicted molar refractivity (Wildman–Crippen MR) is 73.9 cm³/mol. The van der Waals surface area contributed by atoms with Crippen LogP contribution >= 0.6 is 0 Å². The number of likely N-dealkylation sites (tertiary alicyclic amines) is 1. The van der Waals surface area contributed by atoms with Gasteiger partial charge in [-0.3, -0.25) is 4.79 Å². The summed E-state index contributed by atoms with van der Waals surface area (Å²) in [5.74, 6) is -0.363. The third kappa shape index (κ3) is 2.75. The maximum Gasteiger partial charge on any atom is 0.231 e. The molecule has 2 rings (SSSR count). The number of hydrogen-bond acceptors (Lipinski definition) is 1. The molecular weight excluding hydrogens is 241 g/mol. The molecule has 100 valence electrons. The van der Waals surface area contributed by atoms with E-state index in [9.17, 15) is 9.18 Å². The molecule has 19 heavy (non-hydrogen) atoms. The summed E-state index contributed by atoms with van der Waals surface area (Å²) >= 11 is 0. The molecule has 1 heterocycles.